The Kier molecular flexibility index (Phi) is 10.8. The van der Waals surface area contributed by atoms with E-state index in [-0.39, 0.29) is 18.5 Å². The number of benzene rings is 2. The second kappa shape index (κ2) is 13.1. The van der Waals surface area contributed by atoms with Crippen LogP contribution in [0.4, 0.5) is 5.69 Å². The molecule has 0 aromatic heterocycles. The highest BCUT2D eigenvalue weighted by Gasteiger charge is 2.32. The van der Waals surface area contributed by atoms with E-state index in [2.05, 4.69) is 21.2 Å². The molecule has 2 aromatic carbocycles. The van der Waals surface area contributed by atoms with Gasteiger partial charge in [-0.05, 0) is 68.1 Å². The molecule has 0 radical (unpaired) electrons. The quantitative estimate of drug-likeness (QED) is 0.404. The van der Waals surface area contributed by atoms with Crippen molar-refractivity contribution < 1.29 is 22.7 Å². The highest BCUT2D eigenvalue weighted by Crippen LogP contribution is 2.25. The topological polar surface area (TPSA) is 96.0 Å². The van der Waals surface area contributed by atoms with Crippen molar-refractivity contribution in [2.75, 3.05) is 24.2 Å². The summed E-state index contributed by atoms with van der Waals surface area (Å²) in [5.74, 6) is -0.0610. The summed E-state index contributed by atoms with van der Waals surface area (Å²) in [7, 11) is -2.21. The fourth-order valence-electron chi connectivity index (χ4n) is 3.69. The molecule has 2 amide bonds. The normalized spacial score (nSPS) is 13.0. The fraction of sp³-hybridized carbons (Fsp3) is 0.462. The van der Waals surface area contributed by atoms with Gasteiger partial charge in [0, 0.05) is 17.1 Å². The number of nitrogens with one attached hydrogen (secondary N) is 1. The van der Waals surface area contributed by atoms with E-state index < -0.39 is 28.5 Å². The minimum atomic E-state index is -3.78. The van der Waals surface area contributed by atoms with E-state index in [1.807, 2.05) is 39.8 Å². The maximum atomic E-state index is 13.7. The Labute approximate surface area is 223 Å². The molecule has 1 N–H and O–H groups in total. The third-order valence-electron chi connectivity index (χ3n) is 6.01. The minimum absolute atomic E-state index is 0.0530. The first kappa shape index (κ1) is 29.6. The molecule has 0 fully saturated rings. The monoisotopic (exact) mass is 581 g/mol. The van der Waals surface area contributed by atoms with Crippen LogP contribution in [0.25, 0.3) is 0 Å². The van der Waals surface area contributed by atoms with E-state index in [4.69, 9.17) is 4.74 Å². The summed E-state index contributed by atoms with van der Waals surface area (Å²) in [5, 5.41) is 2.96. The first-order valence-corrected chi connectivity index (χ1v) is 14.5. The lowest BCUT2D eigenvalue weighted by Crippen LogP contribution is -2.53. The average molecular weight is 583 g/mol. The predicted octanol–water partition coefficient (Wildman–Crippen LogP) is 4.25. The Morgan fingerprint density at radius 3 is 2.22 bits per heavy atom. The summed E-state index contributed by atoms with van der Waals surface area (Å²) >= 11 is 3.42. The summed E-state index contributed by atoms with van der Waals surface area (Å²) in [6.07, 6.45) is 2.19. The largest absolute Gasteiger partial charge is 0.497 e. The van der Waals surface area contributed by atoms with E-state index in [1.54, 1.807) is 37.4 Å². The Morgan fingerprint density at radius 2 is 1.72 bits per heavy atom. The van der Waals surface area contributed by atoms with Crippen molar-refractivity contribution in [3.63, 3.8) is 0 Å². The molecule has 0 saturated carbocycles. The number of halogens is 1. The highest BCUT2D eigenvalue weighted by molar-refractivity contribution is 9.10. The number of rotatable bonds is 12. The van der Waals surface area contributed by atoms with Crippen LogP contribution in [0.1, 0.15) is 44.7 Å². The average Bonchev–Trinajstić information content (AvgIpc) is 2.83. The molecular formula is C26H36BrN3O5S. The molecule has 0 unspecified atom stereocenters. The standard InChI is InChI=1S/C26H36BrN3O5S/c1-7-19(4)28-26(32)24(8-2)29(16-20-9-12-22(35-5)13-10-20)25(31)17-30(36(6,33)34)21-11-14-23(27)18(3)15-21/h9-15,19,24H,7-8,16-17H2,1-6H3,(H,28,32)/t19-,24-/m1/s1. The molecule has 0 aliphatic rings. The van der Waals surface area contributed by atoms with Gasteiger partial charge in [-0.15, -0.1) is 0 Å². The van der Waals surface area contributed by atoms with Gasteiger partial charge in [0.2, 0.25) is 21.8 Å². The molecule has 36 heavy (non-hydrogen) atoms. The van der Waals surface area contributed by atoms with Crippen LogP contribution in [-0.2, 0) is 26.2 Å². The van der Waals surface area contributed by atoms with Gasteiger partial charge in [0.05, 0.1) is 19.1 Å². The fourth-order valence-corrected chi connectivity index (χ4v) is 4.77. The van der Waals surface area contributed by atoms with Gasteiger partial charge >= 0.3 is 0 Å². The number of carbonyl (C=O) groups excluding carboxylic acids is 2. The lowest BCUT2D eigenvalue weighted by Gasteiger charge is -2.33. The molecule has 0 aliphatic heterocycles. The second-order valence-corrected chi connectivity index (χ2v) is 11.6. The van der Waals surface area contributed by atoms with Crippen molar-refractivity contribution in [1.82, 2.24) is 10.2 Å². The number of anilines is 1. The molecule has 8 nitrogen and oxygen atoms in total. The number of nitrogens with zero attached hydrogens (tertiary/aromatic N) is 2. The number of carbonyl (C=O) groups is 2. The van der Waals surface area contributed by atoms with Gasteiger partial charge in [0.25, 0.3) is 0 Å². The van der Waals surface area contributed by atoms with E-state index in [0.29, 0.717) is 17.9 Å². The minimum Gasteiger partial charge on any atom is -0.497 e. The summed E-state index contributed by atoms with van der Waals surface area (Å²) in [4.78, 5) is 28.3. The Balaban J connectivity index is 2.45. The maximum absolute atomic E-state index is 13.7. The zero-order chi connectivity index (χ0) is 27.0. The molecule has 2 atom stereocenters. The summed E-state index contributed by atoms with van der Waals surface area (Å²) in [6, 6.07) is 11.5. The van der Waals surface area contributed by atoms with Gasteiger partial charge in [-0.1, -0.05) is 41.9 Å². The number of ether oxygens (including phenoxy) is 1. The third-order valence-corrected chi connectivity index (χ3v) is 8.04. The molecule has 2 aromatic rings. The van der Waals surface area contributed by atoms with Gasteiger partial charge in [0.15, 0.2) is 0 Å². The molecular weight excluding hydrogens is 546 g/mol. The third kappa shape index (κ3) is 7.96. The van der Waals surface area contributed by atoms with E-state index in [1.165, 1.54) is 4.90 Å². The van der Waals surface area contributed by atoms with Crippen LogP contribution in [0.2, 0.25) is 0 Å². The Hall–Kier alpha value is -2.59. The summed E-state index contributed by atoms with van der Waals surface area (Å²) in [5.41, 5.74) is 2.01. The van der Waals surface area contributed by atoms with Crippen LogP contribution in [0.3, 0.4) is 0 Å². The lowest BCUT2D eigenvalue weighted by atomic mass is 10.1. The van der Waals surface area contributed by atoms with Crippen LogP contribution >= 0.6 is 15.9 Å². The Bertz CT molecular complexity index is 1150. The van der Waals surface area contributed by atoms with Gasteiger partial charge in [-0.2, -0.15) is 0 Å². The van der Waals surface area contributed by atoms with E-state index in [9.17, 15) is 18.0 Å². The molecule has 0 spiro atoms. The molecule has 0 heterocycles. The number of hydrogen-bond donors (Lipinski definition) is 1. The van der Waals surface area contributed by atoms with E-state index >= 15 is 0 Å². The smallest absolute Gasteiger partial charge is 0.244 e. The van der Waals surface area contributed by atoms with Gasteiger partial charge in [-0.25, -0.2) is 8.42 Å². The number of methoxy groups -OCH3 is 1. The zero-order valence-electron chi connectivity index (χ0n) is 21.7. The predicted molar refractivity (Wildman–Crippen MR) is 147 cm³/mol. The van der Waals surface area contributed by atoms with Crippen molar-refractivity contribution in [2.24, 2.45) is 0 Å². The Morgan fingerprint density at radius 1 is 1.08 bits per heavy atom. The molecule has 0 bridgehead atoms. The van der Waals surface area contributed by atoms with Crippen LogP contribution in [0.5, 0.6) is 5.75 Å². The van der Waals surface area contributed by atoms with Crippen LogP contribution in [0.15, 0.2) is 46.9 Å². The van der Waals surface area contributed by atoms with Crippen LogP contribution < -0.4 is 14.4 Å². The second-order valence-electron chi connectivity index (χ2n) is 8.81. The van der Waals surface area contributed by atoms with Crippen molar-refractivity contribution >= 4 is 43.5 Å². The molecule has 0 aliphatic carbocycles. The lowest BCUT2D eigenvalue weighted by molar-refractivity contribution is -0.140. The maximum Gasteiger partial charge on any atom is 0.244 e. The first-order chi connectivity index (χ1) is 16.9. The number of sulfonamides is 1. The van der Waals surface area contributed by atoms with Gasteiger partial charge in [-0.3, -0.25) is 13.9 Å². The zero-order valence-corrected chi connectivity index (χ0v) is 24.1. The van der Waals surface area contributed by atoms with Crippen molar-refractivity contribution in [2.45, 2.75) is 59.2 Å². The van der Waals surface area contributed by atoms with Crippen molar-refractivity contribution in [1.29, 1.82) is 0 Å². The van der Waals surface area contributed by atoms with Crippen molar-refractivity contribution in [3.05, 3.63) is 58.1 Å². The molecule has 0 saturated heterocycles. The number of aryl methyl sites for hydroxylation is 1. The SMILES string of the molecule is CC[C@@H](C)NC(=O)[C@@H](CC)N(Cc1ccc(OC)cc1)C(=O)CN(c1ccc(Br)c(C)c1)S(C)(=O)=O. The molecule has 198 valence electrons. The van der Waals surface area contributed by atoms with Gasteiger partial charge in [0.1, 0.15) is 18.3 Å². The summed E-state index contributed by atoms with van der Waals surface area (Å²) in [6.45, 7) is 7.27. The first-order valence-electron chi connectivity index (χ1n) is 11.9. The molecule has 10 heteroatoms. The number of hydrogen-bond acceptors (Lipinski definition) is 5. The van der Waals surface area contributed by atoms with Gasteiger partial charge < -0.3 is 15.0 Å². The van der Waals surface area contributed by atoms with Crippen LogP contribution in [0, 0.1) is 6.92 Å². The number of amides is 2. The highest BCUT2D eigenvalue weighted by atomic mass is 79.9. The van der Waals surface area contributed by atoms with Crippen molar-refractivity contribution in [3.8, 4) is 5.75 Å². The molecule has 2 rings (SSSR count). The summed E-state index contributed by atoms with van der Waals surface area (Å²) < 4.78 is 32.6. The van der Waals surface area contributed by atoms with Crippen LogP contribution in [-0.4, -0.2) is 57.1 Å². The van der Waals surface area contributed by atoms with E-state index in [0.717, 1.165) is 32.6 Å².